The normalized spacial score (nSPS) is 28.8. The Hall–Kier alpha value is -0.720. The van der Waals surface area contributed by atoms with E-state index in [1.165, 1.54) is 38.5 Å². The minimum atomic E-state index is 0.605. The lowest BCUT2D eigenvalue weighted by Gasteiger charge is -2.25. The maximum Gasteiger partial charge on any atom is 0.0444 e. The molecule has 0 radical (unpaired) electrons. The Morgan fingerprint density at radius 2 is 1.92 bits per heavy atom. The Bertz CT molecular complexity index is 199. The molecule has 0 aromatic rings. The first-order valence-corrected chi connectivity index (χ1v) is 5.54. The zero-order chi connectivity index (χ0) is 8.93. The van der Waals surface area contributed by atoms with Crippen LogP contribution >= 0.6 is 0 Å². The fraction of sp³-hybridized carbons (Fsp3) is 0.667. The highest BCUT2D eigenvalue weighted by molar-refractivity contribution is 5.12. The molecule has 0 bridgehead atoms. The summed E-state index contributed by atoms with van der Waals surface area (Å²) in [5, 5.41) is 3.40. The van der Waals surface area contributed by atoms with Gasteiger partial charge in [0.05, 0.1) is 0 Å². The van der Waals surface area contributed by atoms with Crippen molar-refractivity contribution >= 4 is 0 Å². The molecule has 1 N–H and O–H groups in total. The predicted molar refractivity (Wildman–Crippen MR) is 56.4 cm³/mol. The van der Waals surface area contributed by atoms with E-state index in [0.29, 0.717) is 6.04 Å². The number of hydrogen-bond donors (Lipinski definition) is 1. The molecule has 0 amide bonds. The molecule has 0 saturated heterocycles. The molecule has 1 atom stereocenters. The Labute approximate surface area is 80.9 Å². The predicted octanol–water partition coefficient (Wildman–Crippen LogP) is 3.00. The van der Waals surface area contributed by atoms with Crippen LogP contribution in [0.15, 0.2) is 24.4 Å². The van der Waals surface area contributed by atoms with Gasteiger partial charge in [-0.05, 0) is 24.6 Å². The number of nitrogens with one attached hydrogen (secondary N) is 1. The molecule has 13 heavy (non-hydrogen) atoms. The molecule has 1 nitrogen and oxygen atoms in total. The molecule has 1 saturated carbocycles. The van der Waals surface area contributed by atoms with Gasteiger partial charge >= 0.3 is 0 Å². The molecular weight excluding hydrogens is 158 g/mol. The highest BCUT2D eigenvalue weighted by Crippen LogP contribution is 2.27. The van der Waals surface area contributed by atoms with Crippen molar-refractivity contribution in [1.29, 1.82) is 0 Å². The summed E-state index contributed by atoms with van der Waals surface area (Å²) in [5.41, 5.74) is 0. The van der Waals surface area contributed by atoms with Crippen molar-refractivity contribution in [2.24, 2.45) is 5.92 Å². The van der Waals surface area contributed by atoms with Crippen LogP contribution in [0.2, 0.25) is 0 Å². The van der Waals surface area contributed by atoms with Crippen molar-refractivity contribution in [2.45, 2.75) is 44.6 Å². The van der Waals surface area contributed by atoms with Crippen LogP contribution in [0.4, 0.5) is 0 Å². The Morgan fingerprint density at radius 1 is 1.08 bits per heavy atom. The van der Waals surface area contributed by atoms with E-state index in [4.69, 9.17) is 0 Å². The lowest BCUT2D eigenvalue weighted by atomic mass is 9.84. The smallest absolute Gasteiger partial charge is 0.0444 e. The van der Waals surface area contributed by atoms with Gasteiger partial charge in [0.15, 0.2) is 0 Å². The molecule has 1 heterocycles. The second kappa shape index (κ2) is 4.50. The maximum absolute atomic E-state index is 3.40. The number of allylic oxidation sites excluding steroid dienone is 2. The lowest BCUT2D eigenvalue weighted by Crippen LogP contribution is -2.27. The largest absolute Gasteiger partial charge is 0.385 e. The van der Waals surface area contributed by atoms with Crippen LogP contribution in [0.25, 0.3) is 0 Å². The summed E-state index contributed by atoms with van der Waals surface area (Å²) in [6, 6.07) is 0.605. The van der Waals surface area contributed by atoms with E-state index < -0.39 is 0 Å². The third-order valence-corrected chi connectivity index (χ3v) is 3.17. The number of hydrogen-bond acceptors (Lipinski definition) is 1. The summed E-state index contributed by atoms with van der Waals surface area (Å²) in [7, 11) is 0. The second-order valence-electron chi connectivity index (χ2n) is 4.26. The number of rotatable bonds is 2. The van der Waals surface area contributed by atoms with Gasteiger partial charge in [0.25, 0.3) is 0 Å². The molecule has 72 valence electrons. The van der Waals surface area contributed by atoms with Gasteiger partial charge in [-0.25, -0.2) is 0 Å². The Morgan fingerprint density at radius 3 is 2.62 bits per heavy atom. The SMILES string of the molecule is C1=CNC(CC2CCCCC2)C=C1. The highest BCUT2D eigenvalue weighted by atomic mass is 14.9. The molecule has 2 rings (SSSR count). The summed E-state index contributed by atoms with van der Waals surface area (Å²) in [4.78, 5) is 0. The quantitative estimate of drug-likeness (QED) is 0.683. The van der Waals surface area contributed by atoms with Crippen LogP contribution in [0.5, 0.6) is 0 Å². The maximum atomic E-state index is 3.40. The van der Waals surface area contributed by atoms with Gasteiger partial charge in [0.1, 0.15) is 0 Å². The molecule has 0 spiro atoms. The van der Waals surface area contributed by atoms with Gasteiger partial charge in [0, 0.05) is 6.04 Å². The van der Waals surface area contributed by atoms with Crippen molar-refractivity contribution in [2.75, 3.05) is 0 Å². The topological polar surface area (TPSA) is 12.0 Å². The summed E-state index contributed by atoms with van der Waals surface area (Å²) >= 11 is 0. The van der Waals surface area contributed by atoms with Crippen LogP contribution in [0.1, 0.15) is 38.5 Å². The van der Waals surface area contributed by atoms with Crippen molar-refractivity contribution < 1.29 is 0 Å². The minimum absolute atomic E-state index is 0.605. The van der Waals surface area contributed by atoms with Crippen molar-refractivity contribution in [3.8, 4) is 0 Å². The molecule has 1 aliphatic carbocycles. The van der Waals surface area contributed by atoms with Crippen LogP contribution in [-0.4, -0.2) is 6.04 Å². The van der Waals surface area contributed by atoms with Crippen LogP contribution in [0, 0.1) is 5.92 Å². The van der Waals surface area contributed by atoms with Crippen molar-refractivity contribution in [1.82, 2.24) is 5.32 Å². The van der Waals surface area contributed by atoms with E-state index in [0.717, 1.165) is 5.92 Å². The average molecular weight is 177 g/mol. The second-order valence-corrected chi connectivity index (χ2v) is 4.26. The standard InChI is InChI=1S/C12H19N/c1-2-6-11(7-3-1)10-12-8-4-5-9-13-12/h4-5,8-9,11-13H,1-3,6-7,10H2. The van der Waals surface area contributed by atoms with E-state index in [1.807, 2.05) is 0 Å². The van der Waals surface area contributed by atoms with E-state index in [1.54, 1.807) is 0 Å². The van der Waals surface area contributed by atoms with Crippen molar-refractivity contribution in [3.05, 3.63) is 24.4 Å². The summed E-state index contributed by atoms with van der Waals surface area (Å²) < 4.78 is 0. The van der Waals surface area contributed by atoms with E-state index >= 15 is 0 Å². The molecule has 0 aromatic carbocycles. The van der Waals surface area contributed by atoms with Gasteiger partial charge in [-0.3, -0.25) is 0 Å². The summed E-state index contributed by atoms with van der Waals surface area (Å²) in [6.45, 7) is 0. The molecule has 1 fully saturated rings. The van der Waals surface area contributed by atoms with Gasteiger partial charge < -0.3 is 5.32 Å². The van der Waals surface area contributed by atoms with Crippen LogP contribution in [0.3, 0.4) is 0 Å². The van der Waals surface area contributed by atoms with Crippen LogP contribution in [-0.2, 0) is 0 Å². The number of dihydropyridines is 1. The highest BCUT2D eigenvalue weighted by Gasteiger charge is 2.16. The first-order chi connectivity index (χ1) is 6.45. The molecule has 2 aliphatic rings. The first-order valence-electron chi connectivity index (χ1n) is 5.54. The summed E-state index contributed by atoms with van der Waals surface area (Å²) in [5.74, 6) is 0.974. The van der Waals surface area contributed by atoms with Crippen LogP contribution < -0.4 is 5.32 Å². The van der Waals surface area contributed by atoms with Gasteiger partial charge in [-0.1, -0.05) is 44.3 Å². The monoisotopic (exact) mass is 177 g/mol. The molecular formula is C12H19N. The molecule has 1 unspecified atom stereocenters. The van der Waals surface area contributed by atoms with Gasteiger partial charge in [0.2, 0.25) is 0 Å². The minimum Gasteiger partial charge on any atom is -0.385 e. The van der Waals surface area contributed by atoms with E-state index in [9.17, 15) is 0 Å². The molecule has 1 heteroatoms. The third-order valence-electron chi connectivity index (χ3n) is 3.17. The molecule has 0 aromatic heterocycles. The fourth-order valence-electron chi connectivity index (χ4n) is 2.42. The fourth-order valence-corrected chi connectivity index (χ4v) is 2.42. The Balaban J connectivity index is 1.76. The summed E-state index contributed by atoms with van der Waals surface area (Å²) in [6.07, 6.45) is 17.2. The van der Waals surface area contributed by atoms with Gasteiger partial charge in [-0.2, -0.15) is 0 Å². The lowest BCUT2D eigenvalue weighted by molar-refractivity contribution is 0.321. The average Bonchev–Trinajstić information content (AvgIpc) is 2.21. The zero-order valence-corrected chi connectivity index (χ0v) is 8.21. The van der Waals surface area contributed by atoms with Gasteiger partial charge in [-0.15, -0.1) is 0 Å². The Kier molecular flexibility index (Phi) is 3.07. The third kappa shape index (κ3) is 2.61. The van der Waals surface area contributed by atoms with E-state index in [2.05, 4.69) is 29.7 Å². The zero-order valence-electron chi connectivity index (χ0n) is 8.21. The molecule has 1 aliphatic heterocycles. The first kappa shape index (κ1) is 8.86. The van der Waals surface area contributed by atoms with E-state index in [-0.39, 0.29) is 0 Å². The van der Waals surface area contributed by atoms with Crippen molar-refractivity contribution in [3.63, 3.8) is 0 Å².